The fraction of sp³-hybridized carbons (Fsp3) is 0.333. The molecular weight excluding hydrogens is 134 g/mol. The zero-order valence-corrected chi connectivity index (χ0v) is 5.72. The lowest BCUT2D eigenvalue weighted by molar-refractivity contribution is -0.142. The third kappa shape index (κ3) is 4.83. The number of amides is 1. The second kappa shape index (κ2) is 4.55. The van der Waals surface area contributed by atoms with Gasteiger partial charge in [-0.15, -0.1) is 0 Å². The fourth-order valence-corrected chi connectivity index (χ4v) is 0.281. The second-order valence-corrected chi connectivity index (χ2v) is 1.53. The summed E-state index contributed by atoms with van der Waals surface area (Å²) in [5.41, 5.74) is 0. The molecule has 0 aliphatic rings. The van der Waals surface area contributed by atoms with Crippen molar-refractivity contribution in [2.24, 2.45) is 0 Å². The Morgan fingerprint density at radius 2 is 2.30 bits per heavy atom. The number of carbonyl (C=O) groups is 2. The molecule has 0 radical (unpaired) electrons. The lowest BCUT2D eigenvalue weighted by atomic mass is 10.6. The molecule has 0 fully saturated rings. The first kappa shape index (κ1) is 8.68. The van der Waals surface area contributed by atoms with E-state index in [9.17, 15) is 9.59 Å². The van der Waals surface area contributed by atoms with Gasteiger partial charge in [-0.25, -0.2) is 0 Å². The molecular formula is C6H9NO3. The third-order valence-electron chi connectivity index (χ3n) is 0.707. The van der Waals surface area contributed by atoms with Crippen molar-refractivity contribution in [2.45, 2.75) is 6.92 Å². The molecule has 0 atom stereocenters. The largest absolute Gasteiger partial charge is 0.445 e. The van der Waals surface area contributed by atoms with E-state index in [1.54, 1.807) is 0 Å². The van der Waals surface area contributed by atoms with Crippen LogP contribution in [0.3, 0.4) is 0 Å². The lowest BCUT2D eigenvalue weighted by Crippen LogP contribution is -2.24. The summed E-state index contributed by atoms with van der Waals surface area (Å²) in [5, 5.41) is 2.26. The van der Waals surface area contributed by atoms with Gasteiger partial charge in [0.2, 0.25) is 5.91 Å². The van der Waals surface area contributed by atoms with Gasteiger partial charge in [0.05, 0.1) is 0 Å². The van der Waals surface area contributed by atoms with Crippen molar-refractivity contribution in [2.75, 3.05) is 6.73 Å². The third-order valence-corrected chi connectivity index (χ3v) is 0.707. The minimum Gasteiger partial charge on any atom is -0.445 e. The zero-order valence-electron chi connectivity index (χ0n) is 5.72. The molecule has 4 nitrogen and oxygen atoms in total. The first-order valence-electron chi connectivity index (χ1n) is 2.70. The molecule has 0 aromatic carbocycles. The van der Waals surface area contributed by atoms with Gasteiger partial charge in [0, 0.05) is 6.92 Å². The van der Waals surface area contributed by atoms with Crippen LogP contribution in [0.15, 0.2) is 12.7 Å². The highest BCUT2D eigenvalue weighted by Crippen LogP contribution is 1.72. The van der Waals surface area contributed by atoms with E-state index < -0.39 is 5.97 Å². The Hall–Kier alpha value is -1.32. The van der Waals surface area contributed by atoms with Crippen LogP contribution in [0, 0.1) is 0 Å². The van der Waals surface area contributed by atoms with Crippen molar-refractivity contribution < 1.29 is 14.3 Å². The molecule has 0 saturated carbocycles. The van der Waals surface area contributed by atoms with Crippen LogP contribution in [0.25, 0.3) is 0 Å². The molecule has 4 heteroatoms. The predicted molar refractivity (Wildman–Crippen MR) is 35.0 cm³/mol. The molecule has 1 amide bonds. The fourth-order valence-electron chi connectivity index (χ4n) is 0.281. The van der Waals surface area contributed by atoms with Gasteiger partial charge >= 0.3 is 5.97 Å². The molecule has 0 unspecified atom stereocenters. The van der Waals surface area contributed by atoms with Crippen LogP contribution < -0.4 is 5.32 Å². The highest BCUT2D eigenvalue weighted by atomic mass is 16.5. The Bertz CT molecular complexity index is 153. The van der Waals surface area contributed by atoms with Crippen LogP contribution in [0.1, 0.15) is 6.92 Å². The minimum absolute atomic E-state index is 0.0970. The van der Waals surface area contributed by atoms with Gasteiger partial charge < -0.3 is 10.1 Å². The Kier molecular flexibility index (Phi) is 3.95. The van der Waals surface area contributed by atoms with Crippen LogP contribution in [-0.2, 0) is 14.3 Å². The average Bonchev–Trinajstić information content (AvgIpc) is 1.87. The molecule has 0 rings (SSSR count). The van der Waals surface area contributed by atoms with Crippen LogP contribution >= 0.6 is 0 Å². The molecule has 0 aromatic heterocycles. The summed E-state index contributed by atoms with van der Waals surface area (Å²) in [5.74, 6) is -0.786. The van der Waals surface area contributed by atoms with E-state index in [-0.39, 0.29) is 12.6 Å². The van der Waals surface area contributed by atoms with Gasteiger partial charge in [-0.05, 0) is 6.08 Å². The maximum Gasteiger partial charge on any atom is 0.304 e. The number of ether oxygens (including phenoxy) is 1. The Balaban J connectivity index is 3.28. The summed E-state index contributed by atoms with van der Waals surface area (Å²) in [6.45, 7) is 4.37. The van der Waals surface area contributed by atoms with E-state index in [1.807, 2.05) is 0 Å². The second-order valence-electron chi connectivity index (χ2n) is 1.53. The van der Waals surface area contributed by atoms with Crippen LogP contribution in [0.2, 0.25) is 0 Å². The summed E-state index contributed by atoms with van der Waals surface area (Å²) in [4.78, 5) is 20.5. The summed E-state index contributed by atoms with van der Waals surface area (Å²) >= 11 is 0. The molecule has 0 aliphatic heterocycles. The topological polar surface area (TPSA) is 55.4 Å². The van der Waals surface area contributed by atoms with Crippen molar-refractivity contribution in [1.82, 2.24) is 5.32 Å². The number of nitrogens with one attached hydrogen (secondary N) is 1. The molecule has 10 heavy (non-hydrogen) atoms. The Morgan fingerprint density at radius 3 is 2.70 bits per heavy atom. The van der Waals surface area contributed by atoms with Crippen molar-refractivity contribution in [1.29, 1.82) is 0 Å². The number of carbonyl (C=O) groups excluding carboxylic acids is 2. The van der Waals surface area contributed by atoms with Gasteiger partial charge in [0.25, 0.3) is 0 Å². The molecule has 0 aromatic rings. The Labute approximate surface area is 58.9 Å². The van der Waals surface area contributed by atoms with Crippen LogP contribution in [0.5, 0.6) is 0 Å². The smallest absolute Gasteiger partial charge is 0.304 e. The molecule has 1 N–H and O–H groups in total. The molecule has 0 spiro atoms. The predicted octanol–water partition coefficient (Wildman–Crippen LogP) is -0.191. The number of esters is 1. The van der Waals surface area contributed by atoms with Gasteiger partial charge in [0.1, 0.15) is 0 Å². The number of hydrogen-bond donors (Lipinski definition) is 1. The molecule has 0 bridgehead atoms. The maximum atomic E-state index is 10.4. The van der Waals surface area contributed by atoms with Crippen molar-refractivity contribution in [3.63, 3.8) is 0 Å². The van der Waals surface area contributed by atoms with Crippen molar-refractivity contribution in [3.05, 3.63) is 12.7 Å². The molecule has 56 valence electrons. The standard InChI is InChI=1S/C6H9NO3/c1-3-6(9)7-4-10-5(2)8/h3H,1,4H2,2H3,(H,7,9). The minimum atomic E-state index is -0.427. The highest BCUT2D eigenvalue weighted by Gasteiger charge is 1.93. The summed E-state index contributed by atoms with van der Waals surface area (Å²) in [6.07, 6.45) is 1.10. The van der Waals surface area contributed by atoms with E-state index in [4.69, 9.17) is 0 Å². The van der Waals surface area contributed by atoms with E-state index >= 15 is 0 Å². The summed E-state index contributed by atoms with van der Waals surface area (Å²) in [6, 6.07) is 0. The first-order valence-corrected chi connectivity index (χ1v) is 2.70. The van der Waals surface area contributed by atoms with E-state index in [2.05, 4.69) is 16.6 Å². The number of rotatable bonds is 3. The van der Waals surface area contributed by atoms with E-state index in [1.165, 1.54) is 6.92 Å². The highest BCUT2D eigenvalue weighted by molar-refractivity contribution is 5.86. The quantitative estimate of drug-likeness (QED) is 0.338. The monoisotopic (exact) mass is 143 g/mol. The lowest BCUT2D eigenvalue weighted by Gasteiger charge is -2.00. The SMILES string of the molecule is C=CC(=O)NCOC(C)=O. The van der Waals surface area contributed by atoms with Crippen molar-refractivity contribution >= 4 is 11.9 Å². The van der Waals surface area contributed by atoms with Gasteiger partial charge in [0.15, 0.2) is 6.73 Å². The zero-order chi connectivity index (χ0) is 7.98. The van der Waals surface area contributed by atoms with E-state index in [0.717, 1.165) is 6.08 Å². The first-order chi connectivity index (χ1) is 4.66. The van der Waals surface area contributed by atoms with Gasteiger partial charge in [-0.2, -0.15) is 0 Å². The molecule has 0 saturated heterocycles. The molecule has 0 aliphatic carbocycles. The molecule has 0 heterocycles. The maximum absolute atomic E-state index is 10.4. The average molecular weight is 143 g/mol. The van der Waals surface area contributed by atoms with Crippen molar-refractivity contribution in [3.8, 4) is 0 Å². The van der Waals surface area contributed by atoms with Gasteiger partial charge in [-0.1, -0.05) is 6.58 Å². The van der Waals surface area contributed by atoms with E-state index in [0.29, 0.717) is 0 Å². The van der Waals surface area contributed by atoms with Gasteiger partial charge in [-0.3, -0.25) is 9.59 Å². The number of hydrogen-bond acceptors (Lipinski definition) is 3. The normalized spacial score (nSPS) is 8.10. The van der Waals surface area contributed by atoms with Crippen LogP contribution in [-0.4, -0.2) is 18.6 Å². The summed E-state index contributed by atoms with van der Waals surface area (Å²) < 4.78 is 4.40. The van der Waals surface area contributed by atoms with Crippen LogP contribution in [0.4, 0.5) is 0 Å². The Morgan fingerprint density at radius 1 is 1.70 bits per heavy atom. The summed E-state index contributed by atoms with van der Waals surface area (Å²) in [7, 11) is 0.